The van der Waals surface area contributed by atoms with E-state index in [9.17, 15) is 24.8 Å². The Kier molecular flexibility index (Phi) is 5.89. The number of carbonyl (C=O) groups is 2. The summed E-state index contributed by atoms with van der Waals surface area (Å²) in [5, 5.41) is 20.3. The van der Waals surface area contributed by atoms with E-state index in [0.29, 0.717) is 0 Å². The van der Waals surface area contributed by atoms with Crippen molar-refractivity contribution >= 4 is 23.4 Å². The number of benzene rings is 1. The van der Waals surface area contributed by atoms with Crippen molar-refractivity contribution in [3.8, 4) is 0 Å². The molecule has 0 aliphatic heterocycles. The molecule has 1 rings (SSSR count). The third-order valence-corrected chi connectivity index (χ3v) is 3.09. The van der Waals surface area contributed by atoms with Crippen molar-refractivity contribution < 1.29 is 24.4 Å². The number of carbonyl (C=O) groups excluding carboxylic acids is 1. The Morgan fingerprint density at radius 1 is 1.21 bits per heavy atom. The highest BCUT2D eigenvalue weighted by atomic mass is 16.6. The maximum absolute atomic E-state index is 12.5. The first kappa shape index (κ1) is 19.4. The van der Waals surface area contributed by atoms with Gasteiger partial charge in [0.05, 0.1) is 4.92 Å². The van der Waals surface area contributed by atoms with Crippen LogP contribution in [-0.4, -0.2) is 33.7 Å². The van der Waals surface area contributed by atoms with Gasteiger partial charge in [-0.05, 0) is 38.8 Å². The van der Waals surface area contributed by atoms with E-state index in [-0.39, 0.29) is 11.4 Å². The van der Waals surface area contributed by atoms with Crippen LogP contribution in [0.5, 0.6) is 0 Å². The molecular weight excluding hydrogens is 316 g/mol. The number of nitro groups is 1. The normalized spacial score (nSPS) is 12.6. The van der Waals surface area contributed by atoms with Crippen molar-refractivity contribution in [2.75, 3.05) is 4.90 Å². The monoisotopic (exact) mass is 338 g/mol. The van der Waals surface area contributed by atoms with Crippen molar-refractivity contribution in [1.82, 2.24) is 0 Å². The van der Waals surface area contributed by atoms with Crippen molar-refractivity contribution in [3.63, 3.8) is 0 Å². The van der Waals surface area contributed by atoms with Crippen molar-refractivity contribution in [2.45, 2.75) is 46.3 Å². The van der Waals surface area contributed by atoms with E-state index in [1.54, 1.807) is 34.6 Å². The number of amides is 1. The largest absolute Gasteiger partial charge is 0.480 e. The summed E-state index contributed by atoms with van der Waals surface area (Å²) in [4.78, 5) is 35.4. The summed E-state index contributed by atoms with van der Waals surface area (Å²) in [5.41, 5.74) is -0.744. The Morgan fingerprint density at radius 3 is 2.04 bits per heavy atom. The molecule has 0 aliphatic rings. The number of non-ortho nitro benzene ring substituents is 1. The van der Waals surface area contributed by atoms with Gasteiger partial charge in [0, 0.05) is 17.8 Å². The number of rotatable bonds is 5. The highest BCUT2D eigenvalue weighted by molar-refractivity contribution is 5.95. The molecule has 0 spiro atoms. The minimum Gasteiger partial charge on any atom is -0.480 e. The second kappa shape index (κ2) is 7.29. The van der Waals surface area contributed by atoms with Gasteiger partial charge in [-0.15, -0.1) is 0 Å². The number of nitrogens with zero attached hydrogens (tertiary/aromatic N) is 2. The molecule has 0 fully saturated rings. The fourth-order valence-electron chi connectivity index (χ4n) is 2.12. The van der Waals surface area contributed by atoms with Gasteiger partial charge in [-0.3, -0.25) is 15.0 Å². The summed E-state index contributed by atoms with van der Waals surface area (Å²) >= 11 is 0. The van der Waals surface area contributed by atoms with Crippen LogP contribution in [0.15, 0.2) is 24.3 Å². The van der Waals surface area contributed by atoms with Gasteiger partial charge < -0.3 is 9.84 Å². The molecule has 0 unspecified atom stereocenters. The lowest BCUT2D eigenvalue weighted by molar-refractivity contribution is -0.384. The molecular formula is C16H22N2O6. The van der Waals surface area contributed by atoms with Crippen LogP contribution in [0, 0.1) is 16.0 Å². The van der Waals surface area contributed by atoms with Crippen LogP contribution < -0.4 is 4.90 Å². The zero-order valence-electron chi connectivity index (χ0n) is 14.3. The molecule has 1 amide bonds. The van der Waals surface area contributed by atoms with E-state index in [1.165, 1.54) is 24.3 Å². The lowest BCUT2D eigenvalue weighted by atomic mass is 10.0. The SMILES string of the molecule is CC(C)[C@@H](C(=O)O)N(C(=O)OC(C)(C)C)c1ccc([N+](=O)[O-])cc1. The predicted molar refractivity (Wildman–Crippen MR) is 88.1 cm³/mol. The number of hydrogen-bond acceptors (Lipinski definition) is 5. The van der Waals surface area contributed by atoms with Crippen LogP contribution in [-0.2, 0) is 9.53 Å². The van der Waals surface area contributed by atoms with Gasteiger partial charge in [0.2, 0.25) is 0 Å². The van der Waals surface area contributed by atoms with Gasteiger partial charge in [-0.2, -0.15) is 0 Å². The van der Waals surface area contributed by atoms with Gasteiger partial charge in [0.15, 0.2) is 0 Å². The first-order valence-corrected chi connectivity index (χ1v) is 7.43. The number of carboxylic acids is 1. The zero-order chi connectivity index (χ0) is 18.7. The molecule has 1 N–H and O–H groups in total. The zero-order valence-corrected chi connectivity index (χ0v) is 14.3. The fraction of sp³-hybridized carbons (Fsp3) is 0.500. The second-order valence-corrected chi connectivity index (χ2v) is 6.65. The first-order chi connectivity index (χ1) is 10.9. The number of aliphatic carboxylic acids is 1. The summed E-state index contributed by atoms with van der Waals surface area (Å²) in [6.07, 6.45) is -0.822. The Labute approximate surface area is 140 Å². The Morgan fingerprint density at radius 2 is 1.71 bits per heavy atom. The van der Waals surface area contributed by atoms with Crippen LogP contribution in [0.3, 0.4) is 0 Å². The van der Waals surface area contributed by atoms with Crippen LogP contribution >= 0.6 is 0 Å². The van der Waals surface area contributed by atoms with Crippen LogP contribution in [0.4, 0.5) is 16.2 Å². The second-order valence-electron chi connectivity index (χ2n) is 6.65. The maximum Gasteiger partial charge on any atom is 0.415 e. The van der Waals surface area contributed by atoms with E-state index in [0.717, 1.165) is 4.90 Å². The average Bonchev–Trinajstić information content (AvgIpc) is 2.41. The summed E-state index contributed by atoms with van der Waals surface area (Å²) in [7, 11) is 0. The molecule has 0 aromatic heterocycles. The molecule has 0 aliphatic carbocycles. The highest BCUT2D eigenvalue weighted by Crippen LogP contribution is 2.26. The molecule has 1 aromatic rings. The minimum atomic E-state index is -1.19. The predicted octanol–water partition coefficient (Wildman–Crippen LogP) is 3.45. The number of ether oxygens (including phenoxy) is 1. The topological polar surface area (TPSA) is 110 Å². The molecule has 0 radical (unpaired) electrons. The summed E-state index contributed by atoms with van der Waals surface area (Å²) < 4.78 is 5.30. The van der Waals surface area contributed by atoms with Crippen LogP contribution in [0.1, 0.15) is 34.6 Å². The molecule has 0 heterocycles. The molecule has 1 atom stereocenters. The molecule has 0 saturated carbocycles. The molecule has 8 heteroatoms. The molecule has 24 heavy (non-hydrogen) atoms. The van der Waals surface area contributed by atoms with Gasteiger partial charge in [0.25, 0.3) is 5.69 Å². The minimum absolute atomic E-state index is 0.153. The van der Waals surface area contributed by atoms with E-state index in [1.807, 2.05) is 0 Å². The Balaban J connectivity index is 3.33. The lowest BCUT2D eigenvalue weighted by Crippen LogP contribution is -2.50. The number of carboxylic acid groups (broad SMARTS) is 1. The van der Waals surface area contributed by atoms with Crippen LogP contribution in [0.25, 0.3) is 0 Å². The quantitative estimate of drug-likeness (QED) is 0.650. The van der Waals surface area contributed by atoms with Gasteiger partial charge in [0.1, 0.15) is 11.6 Å². The molecule has 132 valence electrons. The fourth-order valence-corrected chi connectivity index (χ4v) is 2.12. The van der Waals surface area contributed by atoms with Gasteiger partial charge in [-0.25, -0.2) is 9.59 Å². The molecule has 0 saturated heterocycles. The van der Waals surface area contributed by atoms with E-state index in [4.69, 9.17) is 4.74 Å². The number of anilines is 1. The highest BCUT2D eigenvalue weighted by Gasteiger charge is 2.36. The van der Waals surface area contributed by atoms with E-state index < -0.39 is 34.5 Å². The first-order valence-electron chi connectivity index (χ1n) is 7.43. The van der Waals surface area contributed by atoms with Crippen molar-refractivity contribution in [1.29, 1.82) is 0 Å². The van der Waals surface area contributed by atoms with E-state index in [2.05, 4.69) is 0 Å². The Bertz CT molecular complexity index is 618. The summed E-state index contributed by atoms with van der Waals surface area (Å²) in [5.74, 6) is -1.58. The summed E-state index contributed by atoms with van der Waals surface area (Å²) in [6.45, 7) is 8.35. The van der Waals surface area contributed by atoms with Crippen LogP contribution in [0.2, 0.25) is 0 Å². The summed E-state index contributed by atoms with van der Waals surface area (Å²) in [6, 6.07) is 3.93. The molecule has 1 aromatic carbocycles. The third kappa shape index (κ3) is 4.94. The van der Waals surface area contributed by atoms with Crippen molar-refractivity contribution in [3.05, 3.63) is 34.4 Å². The van der Waals surface area contributed by atoms with Gasteiger partial charge in [-0.1, -0.05) is 13.8 Å². The van der Waals surface area contributed by atoms with Crippen molar-refractivity contribution in [2.24, 2.45) is 5.92 Å². The third-order valence-electron chi connectivity index (χ3n) is 3.09. The maximum atomic E-state index is 12.5. The number of hydrogen-bond donors (Lipinski definition) is 1. The smallest absolute Gasteiger partial charge is 0.415 e. The lowest BCUT2D eigenvalue weighted by Gasteiger charge is -2.33. The average molecular weight is 338 g/mol. The van der Waals surface area contributed by atoms with E-state index >= 15 is 0 Å². The Hall–Kier alpha value is -2.64. The van der Waals surface area contributed by atoms with Gasteiger partial charge >= 0.3 is 12.1 Å². The number of nitro benzene ring substituents is 1. The molecule has 8 nitrogen and oxygen atoms in total. The standard InChI is InChI=1S/C16H22N2O6/c1-10(2)13(14(19)20)17(15(21)24-16(3,4)5)11-6-8-12(9-7-11)18(22)23/h6-10,13H,1-5H3,(H,19,20)/t13-/m0/s1. The molecule has 0 bridgehead atoms.